The number of carboxylic acid groups (broad SMARTS) is 1. The number of alkyl halides is 3. The number of hydrogen-bond donors (Lipinski definition) is 1. The van der Waals surface area contributed by atoms with Gasteiger partial charge in [0.1, 0.15) is 6.61 Å². The van der Waals surface area contributed by atoms with Gasteiger partial charge in [0.25, 0.3) is 0 Å². The second-order valence-corrected chi connectivity index (χ2v) is 3.28. The van der Waals surface area contributed by atoms with Crippen molar-refractivity contribution in [3.05, 3.63) is 12.4 Å². The number of halogens is 3. The van der Waals surface area contributed by atoms with Gasteiger partial charge in [-0.2, -0.15) is 18.3 Å². The van der Waals surface area contributed by atoms with Crippen LogP contribution in [0.15, 0.2) is 12.4 Å². The molecule has 1 rings (SSSR count). The Labute approximate surface area is 94.8 Å². The van der Waals surface area contributed by atoms with Crippen LogP contribution < -0.4 is 4.74 Å². The van der Waals surface area contributed by atoms with Gasteiger partial charge >= 0.3 is 12.1 Å². The predicted octanol–water partition coefficient (Wildman–Crippen LogP) is 1.54. The van der Waals surface area contributed by atoms with E-state index in [4.69, 9.17) is 9.84 Å². The Morgan fingerprint density at radius 1 is 1.65 bits per heavy atom. The maximum Gasteiger partial charge on any atom is 0.405 e. The molecule has 1 N–H and O–H groups in total. The summed E-state index contributed by atoms with van der Waals surface area (Å²) in [6.07, 6.45) is -2.19. The molecule has 0 saturated heterocycles. The van der Waals surface area contributed by atoms with Crippen molar-refractivity contribution >= 4 is 5.97 Å². The zero-order valence-electron chi connectivity index (χ0n) is 8.94. The lowest BCUT2D eigenvalue weighted by molar-refractivity contribution is -0.198. The zero-order chi connectivity index (χ0) is 13.1. The van der Waals surface area contributed by atoms with Crippen LogP contribution in [0.4, 0.5) is 13.2 Å². The van der Waals surface area contributed by atoms with Crippen LogP contribution in [0, 0.1) is 5.92 Å². The van der Waals surface area contributed by atoms with E-state index in [9.17, 15) is 18.0 Å². The Bertz CT molecular complexity index is 389. The zero-order valence-corrected chi connectivity index (χ0v) is 8.94. The van der Waals surface area contributed by atoms with Crippen molar-refractivity contribution in [1.29, 1.82) is 0 Å². The smallest absolute Gasteiger partial charge is 0.405 e. The van der Waals surface area contributed by atoms with E-state index in [-0.39, 0.29) is 5.75 Å². The number of aliphatic carboxylic acids is 1. The second kappa shape index (κ2) is 5.07. The summed E-state index contributed by atoms with van der Waals surface area (Å²) in [5.74, 6) is -4.38. The minimum Gasteiger partial charge on any atom is -0.489 e. The third kappa shape index (κ3) is 3.65. The number of ether oxygens (including phenoxy) is 1. The van der Waals surface area contributed by atoms with Gasteiger partial charge in [-0.15, -0.1) is 0 Å². The van der Waals surface area contributed by atoms with Gasteiger partial charge in [0, 0.05) is 6.54 Å². The van der Waals surface area contributed by atoms with Crippen molar-refractivity contribution in [1.82, 2.24) is 9.78 Å². The molecule has 1 heterocycles. The van der Waals surface area contributed by atoms with Gasteiger partial charge in [-0.25, -0.2) is 0 Å². The van der Waals surface area contributed by atoms with Crippen LogP contribution >= 0.6 is 0 Å². The van der Waals surface area contributed by atoms with Crippen molar-refractivity contribution in [2.75, 3.05) is 6.61 Å². The summed E-state index contributed by atoms with van der Waals surface area (Å²) in [5.41, 5.74) is 0. The minimum atomic E-state index is -4.83. The first-order valence-corrected chi connectivity index (χ1v) is 4.79. The summed E-state index contributed by atoms with van der Waals surface area (Å²) in [6, 6.07) is 0. The van der Waals surface area contributed by atoms with Gasteiger partial charge in [-0.05, 0) is 6.92 Å². The fraction of sp³-hybridized carbons (Fsp3) is 0.556. The number of carboxylic acids is 1. The van der Waals surface area contributed by atoms with E-state index >= 15 is 0 Å². The average molecular weight is 252 g/mol. The molecule has 5 nitrogen and oxygen atoms in total. The van der Waals surface area contributed by atoms with Gasteiger partial charge in [0.05, 0.1) is 12.4 Å². The summed E-state index contributed by atoms with van der Waals surface area (Å²) < 4.78 is 43.0. The standard InChI is InChI=1S/C9H11F3N2O3/c1-2-14-4-6(3-13-14)17-5-7(8(15)16)9(10,11)12/h3-4,7H,2,5H2,1H3,(H,15,16). The van der Waals surface area contributed by atoms with E-state index in [1.54, 1.807) is 6.92 Å². The predicted molar refractivity (Wildman–Crippen MR) is 50.6 cm³/mol. The molecule has 1 unspecified atom stereocenters. The monoisotopic (exact) mass is 252 g/mol. The lowest BCUT2D eigenvalue weighted by Crippen LogP contribution is -2.35. The van der Waals surface area contributed by atoms with E-state index < -0.39 is 24.7 Å². The molecule has 8 heteroatoms. The van der Waals surface area contributed by atoms with Crippen molar-refractivity contribution in [3.63, 3.8) is 0 Å². The number of carbonyl (C=O) groups is 1. The molecule has 0 saturated carbocycles. The first-order valence-electron chi connectivity index (χ1n) is 4.79. The highest BCUT2D eigenvalue weighted by Gasteiger charge is 2.45. The molecule has 17 heavy (non-hydrogen) atoms. The van der Waals surface area contributed by atoms with Crippen LogP contribution in [-0.2, 0) is 11.3 Å². The third-order valence-electron chi connectivity index (χ3n) is 2.04. The molecule has 1 aromatic heterocycles. The Balaban J connectivity index is 2.61. The SMILES string of the molecule is CCn1cc(OCC(C(=O)O)C(F)(F)F)cn1. The molecule has 0 spiro atoms. The number of aryl methyl sites for hydroxylation is 1. The summed E-state index contributed by atoms with van der Waals surface area (Å²) in [4.78, 5) is 10.4. The van der Waals surface area contributed by atoms with Gasteiger partial charge in [-0.3, -0.25) is 9.48 Å². The molecule has 0 aliphatic rings. The molecular formula is C9H11F3N2O3. The van der Waals surface area contributed by atoms with E-state index in [0.717, 1.165) is 0 Å². The molecule has 96 valence electrons. The first-order chi connectivity index (χ1) is 7.84. The molecule has 0 aliphatic carbocycles. The van der Waals surface area contributed by atoms with Crippen LogP contribution in [0.2, 0.25) is 0 Å². The van der Waals surface area contributed by atoms with Crippen LogP contribution in [0.1, 0.15) is 6.92 Å². The topological polar surface area (TPSA) is 64.3 Å². The maximum absolute atomic E-state index is 12.3. The van der Waals surface area contributed by atoms with Crippen molar-refractivity contribution in [2.24, 2.45) is 5.92 Å². The fourth-order valence-electron chi connectivity index (χ4n) is 1.08. The molecule has 0 aliphatic heterocycles. The lowest BCUT2D eigenvalue weighted by Gasteiger charge is -2.15. The minimum absolute atomic E-state index is 0.113. The van der Waals surface area contributed by atoms with Crippen molar-refractivity contribution in [3.8, 4) is 5.75 Å². The van der Waals surface area contributed by atoms with E-state index in [1.807, 2.05) is 0 Å². The molecule has 0 aromatic carbocycles. The number of rotatable bonds is 5. The summed E-state index contributed by atoms with van der Waals surface area (Å²) in [7, 11) is 0. The maximum atomic E-state index is 12.3. The fourth-order valence-corrected chi connectivity index (χ4v) is 1.08. The van der Waals surface area contributed by atoms with Crippen LogP contribution in [0.3, 0.4) is 0 Å². The molecule has 0 bridgehead atoms. The number of aromatic nitrogens is 2. The van der Waals surface area contributed by atoms with E-state index in [2.05, 4.69) is 5.10 Å². The summed E-state index contributed by atoms with van der Waals surface area (Å²) in [5, 5.41) is 12.2. The van der Waals surface area contributed by atoms with E-state index in [1.165, 1.54) is 17.1 Å². The third-order valence-corrected chi connectivity index (χ3v) is 2.04. The first kappa shape index (κ1) is 13.3. The van der Waals surface area contributed by atoms with Crippen LogP contribution in [0.5, 0.6) is 5.75 Å². The molecule has 0 fully saturated rings. The molecule has 1 aromatic rings. The lowest BCUT2D eigenvalue weighted by atomic mass is 10.1. The second-order valence-electron chi connectivity index (χ2n) is 3.28. The summed E-state index contributed by atoms with van der Waals surface area (Å²) in [6.45, 7) is 1.38. The highest BCUT2D eigenvalue weighted by atomic mass is 19.4. The van der Waals surface area contributed by atoms with Crippen LogP contribution in [-0.4, -0.2) is 33.6 Å². The normalized spacial score (nSPS) is 13.4. The Morgan fingerprint density at radius 2 is 2.29 bits per heavy atom. The highest BCUT2D eigenvalue weighted by molar-refractivity contribution is 5.71. The van der Waals surface area contributed by atoms with Gasteiger partial charge < -0.3 is 9.84 Å². The number of nitrogens with zero attached hydrogens (tertiary/aromatic N) is 2. The molecule has 0 radical (unpaired) electrons. The molecular weight excluding hydrogens is 241 g/mol. The average Bonchev–Trinajstić information content (AvgIpc) is 2.63. The Morgan fingerprint density at radius 3 is 2.71 bits per heavy atom. The van der Waals surface area contributed by atoms with Gasteiger partial charge in [0.2, 0.25) is 0 Å². The molecule has 1 atom stereocenters. The van der Waals surface area contributed by atoms with Gasteiger partial charge in [0.15, 0.2) is 11.7 Å². The quantitative estimate of drug-likeness (QED) is 0.863. The van der Waals surface area contributed by atoms with Crippen LogP contribution in [0.25, 0.3) is 0 Å². The van der Waals surface area contributed by atoms with Crippen molar-refractivity contribution in [2.45, 2.75) is 19.6 Å². The summed E-state index contributed by atoms with van der Waals surface area (Å²) >= 11 is 0. The largest absolute Gasteiger partial charge is 0.489 e. The van der Waals surface area contributed by atoms with Crippen molar-refractivity contribution < 1.29 is 27.8 Å². The Kier molecular flexibility index (Phi) is 3.97. The number of hydrogen-bond acceptors (Lipinski definition) is 3. The van der Waals surface area contributed by atoms with E-state index in [0.29, 0.717) is 6.54 Å². The van der Waals surface area contributed by atoms with Gasteiger partial charge in [-0.1, -0.05) is 0 Å². The highest BCUT2D eigenvalue weighted by Crippen LogP contribution is 2.27. The Hall–Kier alpha value is -1.73. The molecule has 0 amide bonds.